The Labute approximate surface area is 123 Å². The quantitative estimate of drug-likeness (QED) is 0.861. The first-order chi connectivity index (χ1) is 10.0. The zero-order valence-corrected chi connectivity index (χ0v) is 12.1. The van der Waals surface area contributed by atoms with Crippen LogP contribution >= 0.6 is 0 Å². The van der Waals surface area contributed by atoms with Crippen LogP contribution in [-0.4, -0.2) is 4.57 Å². The van der Waals surface area contributed by atoms with Crippen molar-refractivity contribution in [1.29, 1.82) is 5.26 Å². The van der Waals surface area contributed by atoms with Crippen molar-refractivity contribution in [1.82, 2.24) is 4.57 Å². The van der Waals surface area contributed by atoms with Crippen LogP contribution in [0.25, 0.3) is 11.3 Å². The number of pyridine rings is 1. The van der Waals surface area contributed by atoms with Gasteiger partial charge in [-0.05, 0) is 54.3 Å². The highest BCUT2D eigenvalue weighted by Gasteiger charge is 2.11. The summed E-state index contributed by atoms with van der Waals surface area (Å²) in [5.41, 5.74) is 1.31. The maximum Gasteiger partial charge on any atom is 0.268 e. The number of rotatable bonds is 4. The normalized spacial score (nSPS) is 10.6. The molecule has 2 rings (SSSR count). The Morgan fingerprint density at radius 3 is 2.43 bits per heavy atom. The van der Waals surface area contributed by atoms with E-state index >= 15 is 0 Å². The lowest BCUT2D eigenvalue weighted by Crippen LogP contribution is -2.24. The van der Waals surface area contributed by atoms with Crippen molar-refractivity contribution in [3.05, 3.63) is 58.1 Å². The Balaban J connectivity index is 2.54. The molecule has 0 bridgehead atoms. The van der Waals surface area contributed by atoms with Crippen molar-refractivity contribution in [3.8, 4) is 17.3 Å². The van der Waals surface area contributed by atoms with Crippen LogP contribution in [0.3, 0.4) is 0 Å². The lowest BCUT2D eigenvalue weighted by Gasteiger charge is -2.14. The molecule has 0 N–H and O–H groups in total. The van der Waals surface area contributed by atoms with Gasteiger partial charge in [0.1, 0.15) is 17.4 Å². The topological polar surface area (TPSA) is 45.8 Å². The number of nitriles is 1. The van der Waals surface area contributed by atoms with E-state index in [9.17, 15) is 9.18 Å². The fraction of sp³-hybridized carbons (Fsp3) is 0.294. The predicted octanol–water partition coefficient (Wildman–Crippen LogP) is 3.57. The van der Waals surface area contributed by atoms with Crippen LogP contribution in [0.4, 0.5) is 4.39 Å². The molecule has 21 heavy (non-hydrogen) atoms. The molecule has 108 valence electrons. The van der Waals surface area contributed by atoms with Gasteiger partial charge in [-0.3, -0.25) is 4.79 Å². The third-order valence-electron chi connectivity index (χ3n) is 3.36. The molecule has 1 aromatic carbocycles. The van der Waals surface area contributed by atoms with Gasteiger partial charge in [0.05, 0.1) is 5.69 Å². The molecule has 2 aromatic rings. The zero-order chi connectivity index (χ0) is 15.4. The fourth-order valence-corrected chi connectivity index (χ4v) is 2.15. The summed E-state index contributed by atoms with van der Waals surface area (Å²) >= 11 is 0. The highest BCUT2D eigenvalue weighted by Crippen LogP contribution is 2.19. The van der Waals surface area contributed by atoms with Crippen molar-refractivity contribution in [3.63, 3.8) is 0 Å². The first kappa shape index (κ1) is 15.0. The van der Waals surface area contributed by atoms with E-state index in [1.807, 2.05) is 6.07 Å². The van der Waals surface area contributed by atoms with E-state index in [2.05, 4.69) is 13.8 Å². The third-order valence-corrected chi connectivity index (χ3v) is 3.36. The van der Waals surface area contributed by atoms with E-state index in [4.69, 9.17) is 5.26 Å². The molecule has 3 nitrogen and oxygen atoms in total. The SMILES string of the molecule is CC(C)CCn1c(-c2ccc(F)cc2)ccc(C#N)c1=O. The minimum Gasteiger partial charge on any atom is -0.307 e. The minimum atomic E-state index is -0.316. The van der Waals surface area contributed by atoms with Crippen LogP contribution < -0.4 is 5.56 Å². The number of hydrogen-bond acceptors (Lipinski definition) is 2. The van der Waals surface area contributed by atoms with Crippen molar-refractivity contribution in [2.45, 2.75) is 26.8 Å². The second-order valence-corrected chi connectivity index (χ2v) is 5.39. The van der Waals surface area contributed by atoms with Crippen LogP contribution in [-0.2, 0) is 6.54 Å². The summed E-state index contributed by atoms with van der Waals surface area (Å²) in [7, 11) is 0. The minimum absolute atomic E-state index is 0.129. The molecule has 0 unspecified atom stereocenters. The lowest BCUT2D eigenvalue weighted by atomic mass is 10.1. The first-order valence-corrected chi connectivity index (χ1v) is 6.93. The van der Waals surface area contributed by atoms with E-state index in [-0.39, 0.29) is 16.9 Å². The summed E-state index contributed by atoms with van der Waals surface area (Å²) in [6, 6.07) is 11.2. The number of aromatic nitrogens is 1. The Kier molecular flexibility index (Phi) is 4.54. The molecule has 0 saturated carbocycles. The molecule has 1 aromatic heterocycles. The smallest absolute Gasteiger partial charge is 0.268 e. The van der Waals surface area contributed by atoms with Gasteiger partial charge in [-0.15, -0.1) is 0 Å². The lowest BCUT2D eigenvalue weighted by molar-refractivity contribution is 0.510. The average molecular weight is 284 g/mol. The standard InChI is InChI=1S/C17H17FN2O/c1-12(2)9-10-20-16(8-5-14(11-19)17(20)21)13-3-6-15(18)7-4-13/h3-8,12H,9-10H2,1-2H3. The number of nitrogens with zero attached hydrogens (tertiary/aromatic N) is 2. The van der Waals surface area contributed by atoms with Gasteiger partial charge >= 0.3 is 0 Å². The average Bonchev–Trinajstić information content (AvgIpc) is 2.46. The fourth-order valence-electron chi connectivity index (χ4n) is 2.15. The molecule has 0 aliphatic heterocycles. The molecular weight excluding hydrogens is 267 g/mol. The Bertz CT molecular complexity index is 724. The molecule has 0 spiro atoms. The number of benzene rings is 1. The van der Waals surface area contributed by atoms with E-state index < -0.39 is 0 Å². The largest absolute Gasteiger partial charge is 0.307 e. The van der Waals surface area contributed by atoms with Gasteiger partial charge in [0, 0.05) is 6.54 Å². The first-order valence-electron chi connectivity index (χ1n) is 6.93. The summed E-state index contributed by atoms with van der Waals surface area (Å²) in [5.74, 6) is 0.132. The van der Waals surface area contributed by atoms with Gasteiger partial charge in [-0.1, -0.05) is 13.8 Å². The number of hydrogen-bond donors (Lipinski definition) is 0. The Hall–Kier alpha value is -2.41. The third kappa shape index (κ3) is 3.38. The van der Waals surface area contributed by atoms with Gasteiger partial charge < -0.3 is 4.57 Å². The van der Waals surface area contributed by atoms with Gasteiger partial charge in [0.15, 0.2) is 0 Å². The maximum atomic E-state index is 13.0. The summed E-state index contributed by atoms with van der Waals surface area (Å²) < 4.78 is 14.6. The highest BCUT2D eigenvalue weighted by molar-refractivity contribution is 5.60. The van der Waals surface area contributed by atoms with Crippen molar-refractivity contribution >= 4 is 0 Å². The van der Waals surface area contributed by atoms with Crippen LogP contribution in [0.5, 0.6) is 0 Å². The van der Waals surface area contributed by atoms with E-state index in [1.165, 1.54) is 18.2 Å². The highest BCUT2D eigenvalue weighted by atomic mass is 19.1. The molecule has 4 heteroatoms. The monoisotopic (exact) mass is 284 g/mol. The Morgan fingerprint density at radius 2 is 1.86 bits per heavy atom. The molecule has 1 heterocycles. The van der Waals surface area contributed by atoms with Gasteiger partial charge in [-0.25, -0.2) is 4.39 Å². The molecule has 0 atom stereocenters. The summed E-state index contributed by atoms with van der Waals surface area (Å²) in [6.07, 6.45) is 0.836. The second kappa shape index (κ2) is 6.36. The van der Waals surface area contributed by atoms with Crippen LogP contribution in [0, 0.1) is 23.1 Å². The van der Waals surface area contributed by atoms with Crippen molar-refractivity contribution in [2.75, 3.05) is 0 Å². The summed E-state index contributed by atoms with van der Waals surface area (Å²) in [4.78, 5) is 12.3. The summed E-state index contributed by atoms with van der Waals surface area (Å²) in [5, 5.41) is 9.01. The van der Waals surface area contributed by atoms with E-state index in [1.54, 1.807) is 22.8 Å². The van der Waals surface area contributed by atoms with Gasteiger partial charge in [0.25, 0.3) is 5.56 Å². The van der Waals surface area contributed by atoms with Crippen molar-refractivity contribution < 1.29 is 4.39 Å². The molecular formula is C17H17FN2O. The molecule has 0 saturated heterocycles. The summed E-state index contributed by atoms with van der Waals surface area (Å²) in [6.45, 7) is 4.70. The van der Waals surface area contributed by atoms with E-state index in [0.717, 1.165) is 12.0 Å². The van der Waals surface area contributed by atoms with Crippen molar-refractivity contribution in [2.24, 2.45) is 5.92 Å². The molecule has 0 aliphatic carbocycles. The zero-order valence-electron chi connectivity index (χ0n) is 12.1. The molecule has 0 amide bonds. The molecule has 0 radical (unpaired) electrons. The predicted molar refractivity (Wildman–Crippen MR) is 80.3 cm³/mol. The van der Waals surface area contributed by atoms with Crippen LogP contribution in [0.2, 0.25) is 0 Å². The van der Waals surface area contributed by atoms with Gasteiger partial charge in [0.2, 0.25) is 0 Å². The van der Waals surface area contributed by atoms with E-state index in [0.29, 0.717) is 18.2 Å². The Morgan fingerprint density at radius 1 is 1.19 bits per heavy atom. The molecule has 0 aliphatic rings. The maximum absolute atomic E-state index is 13.0. The number of halogens is 1. The molecule has 0 fully saturated rings. The second-order valence-electron chi connectivity index (χ2n) is 5.39. The van der Waals surface area contributed by atoms with Crippen LogP contribution in [0.15, 0.2) is 41.2 Å². The van der Waals surface area contributed by atoms with Crippen LogP contribution in [0.1, 0.15) is 25.8 Å². The van der Waals surface area contributed by atoms with Gasteiger partial charge in [-0.2, -0.15) is 5.26 Å².